The van der Waals surface area contributed by atoms with E-state index in [-0.39, 0.29) is 11.1 Å². The topological polar surface area (TPSA) is 50.4 Å². The number of rotatable bonds is 6. The zero-order chi connectivity index (χ0) is 17.5. The first-order chi connectivity index (χ1) is 12.2. The number of carbonyl (C=O) groups excluding carboxylic acids is 1. The molecule has 1 aliphatic carbocycles. The van der Waals surface area contributed by atoms with Gasteiger partial charge in [0.2, 0.25) is 5.91 Å². The predicted molar refractivity (Wildman–Crippen MR) is 104 cm³/mol. The third-order valence-corrected chi connectivity index (χ3v) is 4.01. The number of hydrogen-bond acceptors (Lipinski definition) is 3. The monoisotopic (exact) mass is 352 g/mol. The highest BCUT2D eigenvalue weighted by molar-refractivity contribution is 7.80. The molecular weight excluding hydrogens is 332 g/mol. The Morgan fingerprint density at radius 2 is 1.72 bits per heavy atom. The zero-order valence-electron chi connectivity index (χ0n) is 13.7. The fraction of sp³-hybridized carbons (Fsp3) is 0.200. The van der Waals surface area contributed by atoms with Crippen molar-refractivity contribution in [3.05, 3.63) is 72.3 Å². The molecule has 1 unspecified atom stereocenters. The van der Waals surface area contributed by atoms with Crippen LogP contribution in [0.3, 0.4) is 0 Å². The van der Waals surface area contributed by atoms with Crippen LogP contribution in [0.2, 0.25) is 0 Å². The summed E-state index contributed by atoms with van der Waals surface area (Å²) in [6.07, 6.45) is 4.95. The molecule has 0 radical (unpaired) electrons. The normalized spacial score (nSPS) is 14.7. The second-order valence-corrected chi connectivity index (χ2v) is 6.28. The molecule has 0 spiro atoms. The molecule has 1 saturated carbocycles. The van der Waals surface area contributed by atoms with Crippen LogP contribution >= 0.6 is 12.2 Å². The van der Waals surface area contributed by atoms with Crippen LogP contribution in [0.15, 0.2) is 66.7 Å². The Labute approximate surface area is 152 Å². The average molecular weight is 352 g/mol. The molecule has 2 aromatic carbocycles. The van der Waals surface area contributed by atoms with Crippen molar-refractivity contribution in [1.82, 2.24) is 5.32 Å². The van der Waals surface area contributed by atoms with Crippen molar-refractivity contribution >= 4 is 35.1 Å². The summed E-state index contributed by atoms with van der Waals surface area (Å²) in [5.74, 6) is 0.118. The molecule has 4 nitrogen and oxygen atoms in total. The Hall–Kier alpha value is -2.66. The molecule has 0 bridgehead atoms. The summed E-state index contributed by atoms with van der Waals surface area (Å²) in [7, 11) is 0. The van der Waals surface area contributed by atoms with Gasteiger partial charge in [0.15, 0.2) is 6.23 Å². The van der Waals surface area contributed by atoms with E-state index in [0.29, 0.717) is 5.92 Å². The van der Waals surface area contributed by atoms with E-state index in [1.807, 2.05) is 60.7 Å². The van der Waals surface area contributed by atoms with Crippen LogP contribution < -0.4 is 10.6 Å². The Balaban J connectivity index is 1.53. The predicted octanol–water partition coefficient (Wildman–Crippen LogP) is 3.97. The lowest BCUT2D eigenvalue weighted by Crippen LogP contribution is -2.40. The third kappa shape index (κ3) is 5.72. The van der Waals surface area contributed by atoms with Gasteiger partial charge in [0.25, 0.3) is 5.17 Å². The summed E-state index contributed by atoms with van der Waals surface area (Å²) in [5.41, 5.74) is 1.83. The smallest absolute Gasteiger partial charge is 0.263 e. The lowest BCUT2D eigenvalue weighted by molar-refractivity contribution is -0.119. The van der Waals surface area contributed by atoms with E-state index in [4.69, 9.17) is 17.0 Å². The van der Waals surface area contributed by atoms with E-state index in [0.717, 1.165) is 24.1 Å². The van der Waals surface area contributed by atoms with Crippen molar-refractivity contribution in [2.45, 2.75) is 19.1 Å². The Bertz CT molecular complexity index is 743. The van der Waals surface area contributed by atoms with Crippen molar-refractivity contribution in [2.75, 3.05) is 5.32 Å². The molecule has 5 heteroatoms. The van der Waals surface area contributed by atoms with Gasteiger partial charge in [0.1, 0.15) is 0 Å². The van der Waals surface area contributed by atoms with Crippen LogP contribution in [0, 0.1) is 5.92 Å². The highest BCUT2D eigenvalue weighted by Crippen LogP contribution is 2.33. The maximum absolute atomic E-state index is 12.2. The fourth-order valence-corrected chi connectivity index (χ4v) is 2.57. The molecule has 1 fully saturated rings. The molecule has 1 amide bonds. The van der Waals surface area contributed by atoms with Crippen molar-refractivity contribution < 1.29 is 9.53 Å². The van der Waals surface area contributed by atoms with E-state index in [1.54, 1.807) is 6.08 Å². The third-order valence-electron chi connectivity index (χ3n) is 3.82. The number of para-hydroxylation sites is 1. The minimum Gasteiger partial charge on any atom is -0.447 e. The van der Waals surface area contributed by atoms with Gasteiger partial charge in [-0.1, -0.05) is 48.5 Å². The molecular formula is C20H20N2O2S. The summed E-state index contributed by atoms with van der Waals surface area (Å²) in [5, 5.41) is 6.18. The summed E-state index contributed by atoms with van der Waals surface area (Å²) in [6.45, 7) is 0. The highest BCUT2D eigenvalue weighted by Gasteiger charge is 2.34. The molecule has 128 valence electrons. The lowest BCUT2D eigenvalue weighted by atomic mass is 10.2. The van der Waals surface area contributed by atoms with Gasteiger partial charge in [-0.15, -0.1) is 0 Å². The largest absolute Gasteiger partial charge is 0.447 e. The summed E-state index contributed by atoms with van der Waals surface area (Å²) < 4.78 is 5.76. The summed E-state index contributed by atoms with van der Waals surface area (Å²) >= 11 is 5.25. The van der Waals surface area contributed by atoms with Gasteiger partial charge >= 0.3 is 0 Å². The molecule has 2 aromatic rings. The van der Waals surface area contributed by atoms with Gasteiger partial charge in [-0.2, -0.15) is 0 Å². The first-order valence-electron chi connectivity index (χ1n) is 8.27. The Morgan fingerprint density at radius 3 is 2.36 bits per heavy atom. The molecule has 25 heavy (non-hydrogen) atoms. The van der Waals surface area contributed by atoms with Crippen molar-refractivity contribution in [3.63, 3.8) is 0 Å². The zero-order valence-corrected chi connectivity index (χ0v) is 14.5. The minimum absolute atomic E-state index is 0.191. The van der Waals surface area contributed by atoms with Crippen LogP contribution in [-0.2, 0) is 9.53 Å². The summed E-state index contributed by atoms with van der Waals surface area (Å²) in [6, 6.07) is 19.3. The SMILES string of the molecule is O=C(/C=C/c1ccccc1)NC(OC(=S)Nc1ccccc1)C1CC1. The quantitative estimate of drug-likeness (QED) is 0.469. The van der Waals surface area contributed by atoms with Crippen LogP contribution in [0.1, 0.15) is 18.4 Å². The van der Waals surface area contributed by atoms with E-state index < -0.39 is 6.23 Å². The molecule has 0 aliphatic heterocycles. The number of nitrogens with one attached hydrogen (secondary N) is 2. The number of ether oxygens (including phenoxy) is 1. The van der Waals surface area contributed by atoms with Crippen LogP contribution in [0.4, 0.5) is 5.69 Å². The van der Waals surface area contributed by atoms with Gasteiger partial charge < -0.3 is 15.4 Å². The van der Waals surface area contributed by atoms with Crippen molar-refractivity contribution in [3.8, 4) is 0 Å². The minimum atomic E-state index is -0.406. The van der Waals surface area contributed by atoms with E-state index in [9.17, 15) is 4.79 Å². The number of benzene rings is 2. The van der Waals surface area contributed by atoms with E-state index >= 15 is 0 Å². The van der Waals surface area contributed by atoms with Crippen molar-refractivity contribution in [1.29, 1.82) is 0 Å². The molecule has 2 N–H and O–H groups in total. The van der Waals surface area contributed by atoms with Gasteiger partial charge in [-0.25, -0.2) is 0 Å². The summed E-state index contributed by atoms with van der Waals surface area (Å²) in [4.78, 5) is 12.2. The maximum Gasteiger partial charge on any atom is 0.263 e. The molecule has 0 saturated heterocycles. The molecule has 1 aliphatic rings. The molecule has 3 rings (SSSR count). The number of thiocarbonyl (C=S) groups is 1. The van der Waals surface area contributed by atoms with E-state index in [1.165, 1.54) is 6.08 Å². The van der Waals surface area contributed by atoms with Gasteiger partial charge in [0.05, 0.1) is 0 Å². The van der Waals surface area contributed by atoms with Crippen LogP contribution in [0.25, 0.3) is 6.08 Å². The second kappa shape index (κ2) is 8.44. The first kappa shape index (κ1) is 17.2. The number of carbonyl (C=O) groups is 1. The lowest BCUT2D eigenvalue weighted by Gasteiger charge is -2.20. The highest BCUT2D eigenvalue weighted by atomic mass is 32.1. The average Bonchev–Trinajstić information content (AvgIpc) is 3.46. The molecule has 1 atom stereocenters. The van der Waals surface area contributed by atoms with Crippen LogP contribution in [0.5, 0.6) is 0 Å². The van der Waals surface area contributed by atoms with Crippen molar-refractivity contribution in [2.24, 2.45) is 5.92 Å². The standard InChI is InChI=1S/C20H20N2O2S/c23-18(14-11-15-7-3-1-4-8-15)22-19(16-12-13-16)24-20(25)21-17-9-5-2-6-10-17/h1-11,14,16,19H,12-13H2,(H,21,25)(H,22,23)/b14-11+. The fourth-order valence-electron chi connectivity index (χ4n) is 2.35. The number of anilines is 1. The number of hydrogen-bond donors (Lipinski definition) is 2. The Kier molecular flexibility index (Phi) is 5.80. The number of amides is 1. The first-order valence-corrected chi connectivity index (χ1v) is 8.68. The van der Waals surface area contributed by atoms with Crippen LogP contribution in [-0.4, -0.2) is 17.3 Å². The van der Waals surface area contributed by atoms with Gasteiger partial charge in [0, 0.05) is 17.7 Å². The second-order valence-electron chi connectivity index (χ2n) is 5.91. The van der Waals surface area contributed by atoms with Gasteiger partial charge in [-0.3, -0.25) is 4.79 Å². The Morgan fingerprint density at radius 1 is 1.08 bits per heavy atom. The van der Waals surface area contributed by atoms with Gasteiger partial charge in [-0.05, 0) is 48.8 Å². The molecule has 0 heterocycles. The van der Waals surface area contributed by atoms with E-state index in [2.05, 4.69) is 10.6 Å². The molecule has 0 aromatic heterocycles. The maximum atomic E-state index is 12.2.